The Balaban J connectivity index is 1.86. The largest absolute Gasteiger partial charge is 0.461 e. The number of carbonyl (C=O) groups is 1. The molecule has 1 spiro atoms. The Bertz CT molecular complexity index is 277. The van der Waals surface area contributed by atoms with Gasteiger partial charge in [-0.25, -0.2) is 0 Å². The van der Waals surface area contributed by atoms with Crippen LogP contribution in [0.15, 0.2) is 0 Å². The number of ether oxygens (including phenoxy) is 1. The Kier molecular flexibility index (Phi) is 2.49. The molecule has 3 aliphatic rings. The summed E-state index contributed by atoms with van der Waals surface area (Å²) in [4.78, 5) is 11.5. The maximum atomic E-state index is 11.5. The standard InChI is InChI=1S/C12H17IO2/c13-7-10-12(6-11(14)15-10)4-8-1-2-9(3-8)5-12/h8-10H,1-7H2/t8-,9+,10?,12?. The van der Waals surface area contributed by atoms with Gasteiger partial charge in [-0.1, -0.05) is 35.4 Å². The topological polar surface area (TPSA) is 26.3 Å². The molecule has 0 aromatic rings. The zero-order valence-corrected chi connectivity index (χ0v) is 11.0. The number of halogens is 1. The zero-order chi connectivity index (χ0) is 10.5. The minimum atomic E-state index is 0.0537. The summed E-state index contributed by atoms with van der Waals surface area (Å²) in [6, 6.07) is 0. The highest BCUT2D eigenvalue weighted by atomic mass is 127. The van der Waals surface area contributed by atoms with E-state index < -0.39 is 0 Å². The van der Waals surface area contributed by atoms with E-state index in [2.05, 4.69) is 22.6 Å². The second-order valence-corrected chi connectivity index (χ2v) is 6.51. The van der Waals surface area contributed by atoms with E-state index in [1.807, 2.05) is 0 Å². The molecule has 2 nitrogen and oxygen atoms in total. The van der Waals surface area contributed by atoms with Crippen molar-refractivity contribution in [3.05, 3.63) is 0 Å². The van der Waals surface area contributed by atoms with Gasteiger partial charge in [-0.2, -0.15) is 0 Å². The van der Waals surface area contributed by atoms with Gasteiger partial charge in [-0.05, 0) is 31.1 Å². The summed E-state index contributed by atoms with van der Waals surface area (Å²) in [5.74, 6) is 1.84. The van der Waals surface area contributed by atoms with Crippen molar-refractivity contribution in [2.75, 3.05) is 4.43 Å². The average Bonchev–Trinajstić information content (AvgIpc) is 2.68. The summed E-state index contributed by atoms with van der Waals surface area (Å²) in [7, 11) is 0. The van der Waals surface area contributed by atoms with Gasteiger partial charge in [0.1, 0.15) is 6.10 Å². The van der Waals surface area contributed by atoms with Gasteiger partial charge in [0.05, 0.1) is 6.42 Å². The Morgan fingerprint density at radius 2 is 2.00 bits per heavy atom. The monoisotopic (exact) mass is 320 g/mol. The number of alkyl halides is 1. The first-order valence-corrected chi connectivity index (χ1v) is 7.50. The summed E-state index contributed by atoms with van der Waals surface area (Å²) >= 11 is 2.37. The summed E-state index contributed by atoms with van der Waals surface area (Å²) in [5, 5.41) is 0. The van der Waals surface area contributed by atoms with Crippen LogP contribution in [0.25, 0.3) is 0 Å². The fourth-order valence-electron chi connectivity index (χ4n) is 4.11. The summed E-state index contributed by atoms with van der Waals surface area (Å²) in [5.41, 5.74) is 0.238. The Labute approximate surface area is 104 Å². The molecule has 0 amide bonds. The van der Waals surface area contributed by atoms with Gasteiger partial charge in [0.2, 0.25) is 0 Å². The maximum Gasteiger partial charge on any atom is 0.306 e. The van der Waals surface area contributed by atoms with Crippen molar-refractivity contribution in [1.82, 2.24) is 0 Å². The molecule has 84 valence electrons. The second-order valence-electron chi connectivity index (χ2n) is 5.63. The lowest BCUT2D eigenvalue weighted by molar-refractivity contribution is -0.140. The molecule has 1 aliphatic heterocycles. The van der Waals surface area contributed by atoms with Crippen molar-refractivity contribution < 1.29 is 9.53 Å². The van der Waals surface area contributed by atoms with Crippen molar-refractivity contribution in [3.63, 3.8) is 0 Å². The summed E-state index contributed by atoms with van der Waals surface area (Å²) in [6.45, 7) is 0. The van der Waals surface area contributed by atoms with Crippen LogP contribution in [0.4, 0.5) is 0 Å². The average molecular weight is 320 g/mol. The maximum absolute atomic E-state index is 11.5. The number of fused-ring (bicyclic) bond motifs is 2. The molecule has 4 atom stereocenters. The van der Waals surface area contributed by atoms with E-state index in [-0.39, 0.29) is 17.5 Å². The van der Waals surface area contributed by atoms with Crippen LogP contribution in [0, 0.1) is 17.3 Å². The van der Waals surface area contributed by atoms with Gasteiger partial charge in [0.25, 0.3) is 0 Å². The first kappa shape index (κ1) is 10.4. The van der Waals surface area contributed by atoms with Gasteiger partial charge in [0.15, 0.2) is 0 Å². The van der Waals surface area contributed by atoms with E-state index in [4.69, 9.17) is 4.74 Å². The van der Waals surface area contributed by atoms with Gasteiger partial charge in [-0.15, -0.1) is 0 Å². The second kappa shape index (κ2) is 3.60. The number of cyclic esters (lactones) is 1. The van der Waals surface area contributed by atoms with Crippen molar-refractivity contribution in [3.8, 4) is 0 Å². The molecule has 0 N–H and O–H groups in total. The van der Waals surface area contributed by atoms with E-state index in [9.17, 15) is 4.79 Å². The van der Waals surface area contributed by atoms with Crippen molar-refractivity contribution in [2.24, 2.45) is 17.3 Å². The Hall–Kier alpha value is 0.200. The quantitative estimate of drug-likeness (QED) is 0.422. The van der Waals surface area contributed by atoms with Crippen LogP contribution in [0.2, 0.25) is 0 Å². The molecule has 3 fully saturated rings. The minimum Gasteiger partial charge on any atom is -0.461 e. The molecule has 0 aromatic heterocycles. The van der Waals surface area contributed by atoms with Gasteiger partial charge < -0.3 is 4.74 Å². The SMILES string of the molecule is O=C1CC2(C[C@@H]3CC[C@@H](C3)C2)C(CI)O1. The normalized spacial score (nSPS) is 48.6. The molecule has 1 heterocycles. The lowest BCUT2D eigenvalue weighted by atomic mass is 9.65. The molecule has 3 rings (SSSR count). The molecule has 0 radical (unpaired) electrons. The van der Waals surface area contributed by atoms with E-state index in [1.54, 1.807) is 0 Å². The summed E-state index contributed by atoms with van der Waals surface area (Å²) in [6.07, 6.45) is 7.64. The molecule has 2 saturated carbocycles. The van der Waals surface area contributed by atoms with Crippen molar-refractivity contribution in [2.45, 2.75) is 44.6 Å². The lowest BCUT2D eigenvalue weighted by Gasteiger charge is -2.39. The Morgan fingerprint density at radius 1 is 1.33 bits per heavy atom. The smallest absolute Gasteiger partial charge is 0.306 e. The first-order valence-electron chi connectivity index (χ1n) is 5.97. The van der Waals surface area contributed by atoms with Crippen LogP contribution in [0.1, 0.15) is 38.5 Å². The third kappa shape index (κ3) is 1.61. The lowest BCUT2D eigenvalue weighted by Crippen LogP contribution is -2.37. The highest BCUT2D eigenvalue weighted by Gasteiger charge is 2.54. The van der Waals surface area contributed by atoms with Gasteiger partial charge in [0, 0.05) is 9.84 Å². The number of rotatable bonds is 1. The van der Waals surface area contributed by atoms with E-state index in [1.165, 1.54) is 32.1 Å². The Morgan fingerprint density at radius 3 is 2.60 bits per heavy atom. The number of hydrogen-bond acceptors (Lipinski definition) is 2. The molecule has 2 aliphatic carbocycles. The number of carbonyl (C=O) groups excluding carboxylic acids is 1. The predicted molar refractivity (Wildman–Crippen MR) is 65.9 cm³/mol. The molecular weight excluding hydrogens is 303 g/mol. The van der Waals surface area contributed by atoms with Crippen LogP contribution in [0.5, 0.6) is 0 Å². The first-order chi connectivity index (χ1) is 7.22. The minimum absolute atomic E-state index is 0.0537. The third-order valence-electron chi connectivity index (χ3n) is 4.63. The van der Waals surface area contributed by atoms with Gasteiger partial charge in [-0.3, -0.25) is 4.79 Å². The molecule has 1 saturated heterocycles. The highest BCUT2D eigenvalue weighted by Crippen LogP contribution is 2.56. The van der Waals surface area contributed by atoms with Gasteiger partial charge >= 0.3 is 5.97 Å². The fraction of sp³-hybridized carbons (Fsp3) is 0.917. The number of hydrogen-bond donors (Lipinski definition) is 0. The van der Waals surface area contributed by atoms with Crippen LogP contribution >= 0.6 is 22.6 Å². The van der Waals surface area contributed by atoms with Crippen LogP contribution in [0.3, 0.4) is 0 Å². The molecule has 2 bridgehead atoms. The van der Waals surface area contributed by atoms with Crippen LogP contribution in [-0.4, -0.2) is 16.5 Å². The highest BCUT2D eigenvalue weighted by molar-refractivity contribution is 14.1. The van der Waals surface area contributed by atoms with Crippen molar-refractivity contribution in [1.29, 1.82) is 0 Å². The molecule has 2 unspecified atom stereocenters. The molecule has 0 aromatic carbocycles. The van der Waals surface area contributed by atoms with Crippen molar-refractivity contribution >= 4 is 28.6 Å². The third-order valence-corrected chi connectivity index (χ3v) is 5.43. The number of esters is 1. The zero-order valence-electron chi connectivity index (χ0n) is 8.88. The molecule has 15 heavy (non-hydrogen) atoms. The molecule has 3 heteroatoms. The summed E-state index contributed by atoms with van der Waals surface area (Å²) < 4.78 is 6.46. The van der Waals surface area contributed by atoms with Crippen LogP contribution in [-0.2, 0) is 9.53 Å². The molecular formula is C12H17IO2. The predicted octanol–water partition coefficient (Wildman–Crippen LogP) is 2.93. The van der Waals surface area contributed by atoms with E-state index in [0.717, 1.165) is 16.3 Å². The van der Waals surface area contributed by atoms with E-state index in [0.29, 0.717) is 6.42 Å². The van der Waals surface area contributed by atoms with Crippen LogP contribution < -0.4 is 0 Å². The van der Waals surface area contributed by atoms with E-state index >= 15 is 0 Å². The fourth-order valence-corrected chi connectivity index (χ4v) is 5.23.